The smallest absolute Gasteiger partial charge is 0.0838 e. The third kappa shape index (κ3) is 3.53. The zero-order valence-electron chi connectivity index (χ0n) is 9.69. The van der Waals surface area contributed by atoms with Crippen LogP contribution in [0.15, 0.2) is 36.4 Å². The van der Waals surface area contributed by atoms with E-state index in [4.69, 9.17) is 0 Å². The van der Waals surface area contributed by atoms with E-state index in [-0.39, 0.29) is 0 Å². The Bertz CT molecular complexity index is 492. The van der Waals surface area contributed by atoms with Crippen LogP contribution >= 0.6 is 33.9 Å². The van der Waals surface area contributed by atoms with Crippen molar-refractivity contribution in [2.24, 2.45) is 0 Å². The molecule has 1 unspecified atom stereocenters. The van der Waals surface area contributed by atoms with Crippen molar-refractivity contribution < 1.29 is 5.11 Å². The summed E-state index contributed by atoms with van der Waals surface area (Å²) in [6.07, 6.45) is 1.39. The molecule has 0 bridgehead atoms. The topological polar surface area (TPSA) is 20.2 Å². The van der Waals surface area contributed by atoms with Gasteiger partial charge < -0.3 is 5.11 Å². The largest absolute Gasteiger partial charge is 0.388 e. The maximum absolute atomic E-state index is 10.2. The minimum absolute atomic E-state index is 0.395. The second-order valence-corrected chi connectivity index (χ2v) is 6.50. The van der Waals surface area contributed by atoms with E-state index in [1.54, 1.807) is 11.3 Å². The Morgan fingerprint density at radius 2 is 2.00 bits per heavy atom. The van der Waals surface area contributed by atoms with Gasteiger partial charge in [-0.05, 0) is 58.8 Å². The van der Waals surface area contributed by atoms with Gasteiger partial charge in [0.25, 0.3) is 0 Å². The second-order valence-electron chi connectivity index (χ2n) is 4.00. The first-order valence-electron chi connectivity index (χ1n) is 5.70. The van der Waals surface area contributed by atoms with E-state index in [2.05, 4.69) is 41.6 Å². The van der Waals surface area contributed by atoms with E-state index in [1.165, 1.54) is 13.3 Å². The Morgan fingerprint density at radius 1 is 1.24 bits per heavy atom. The van der Waals surface area contributed by atoms with Crippen LogP contribution in [0.4, 0.5) is 0 Å². The highest BCUT2D eigenvalue weighted by atomic mass is 127. The molecule has 0 saturated heterocycles. The van der Waals surface area contributed by atoms with Gasteiger partial charge in [-0.15, -0.1) is 11.3 Å². The van der Waals surface area contributed by atoms with Gasteiger partial charge in [0.15, 0.2) is 0 Å². The van der Waals surface area contributed by atoms with Crippen LogP contribution < -0.4 is 0 Å². The summed E-state index contributed by atoms with van der Waals surface area (Å²) >= 11 is 4.07. The van der Waals surface area contributed by atoms with Gasteiger partial charge in [-0.25, -0.2) is 0 Å². The normalized spacial score (nSPS) is 12.6. The fourth-order valence-corrected chi connectivity index (χ4v) is 3.31. The Labute approximate surface area is 120 Å². The summed E-state index contributed by atoms with van der Waals surface area (Å²) in [5.41, 5.74) is 1.00. The van der Waals surface area contributed by atoms with Crippen LogP contribution in [0.2, 0.25) is 0 Å². The number of rotatable bonds is 4. The molecular weight excluding hydrogens is 343 g/mol. The Hall–Kier alpha value is -0.390. The molecule has 1 heterocycles. The van der Waals surface area contributed by atoms with Gasteiger partial charge in [-0.1, -0.05) is 19.1 Å². The lowest BCUT2D eigenvalue weighted by Crippen LogP contribution is -2.00. The molecule has 1 aromatic heterocycles. The standard InChI is InChI=1S/C14H15IOS/c1-2-12-6-7-13(17-12)9-14(16)10-4-3-5-11(15)8-10/h3-8,14,16H,2,9H2,1H3. The Morgan fingerprint density at radius 3 is 2.65 bits per heavy atom. The summed E-state index contributed by atoms with van der Waals surface area (Å²) in [6.45, 7) is 2.16. The lowest BCUT2D eigenvalue weighted by atomic mass is 10.1. The van der Waals surface area contributed by atoms with Crippen molar-refractivity contribution >= 4 is 33.9 Å². The number of hydrogen-bond acceptors (Lipinski definition) is 2. The Kier molecular flexibility index (Phi) is 4.59. The zero-order chi connectivity index (χ0) is 12.3. The maximum Gasteiger partial charge on any atom is 0.0838 e. The number of thiophene rings is 1. The van der Waals surface area contributed by atoms with E-state index in [1.807, 2.05) is 24.3 Å². The van der Waals surface area contributed by atoms with Crippen molar-refractivity contribution in [3.63, 3.8) is 0 Å². The summed E-state index contributed by atoms with van der Waals surface area (Å²) < 4.78 is 1.17. The van der Waals surface area contributed by atoms with Crippen LogP contribution in [0, 0.1) is 3.57 Å². The van der Waals surface area contributed by atoms with E-state index < -0.39 is 6.10 Å². The number of aliphatic hydroxyl groups excluding tert-OH is 1. The van der Waals surface area contributed by atoms with Crippen molar-refractivity contribution in [3.8, 4) is 0 Å². The van der Waals surface area contributed by atoms with Crippen LogP contribution in [0.1, 0.15) is 28.3 Å². The molecule has 0 fully saturated rings. The summed E-state index contributed by atoms with van der Waals surface area (Å²) in [4.78, 5) is 2.64. The number of aryl methyl sites for hydroxylation is 1. The van der Waals surface area contributed by atoms with Crippen LogP contribution in [-0.4, -0.2) is 5.11 Å². The molecule has 2 rings (SSSR count). The van der Waals surface area contributed by atoms with Crippen LogP contribution in [0.3, 0.4) is 0 Å². The molecule has 0 aliphatic heterocycles. The molecule has 90 valence electrons. The number of halogens is 1. The average molecular weight is 358 g/mol. The van der Waals surface area contributed by atoms with Gasteiger partial charge in [-0.2, -0.15) is 0 Å². The third-order valence-electron chi connectivity index (χ3n) is 2.69. The van der Waals surface area contributed by atoms with Crippen LogP contribution in [0.25, 0.3) is 0 Å². The van der Waals surface area contributed by atoms with Crippen molar-refractivity contribution in [2.45, 2.75) is 25.9 Å². The van der Waals surface area contributed by atoms with Gasteiger partial charge in [0.1, 0.15) is 0 Å². The number of hydrogen-bond donors (Lipinski definition) is 1. The quantitative estimate of drug-likeness (QED) is 0.813. The minimum atomic E-state index is -0.395. The predicted molar refractivity (Wildman–Crippen MR) is 81.5 cm³/mol. The molecule has 0 amide bonds. The lowest BCUT2D eigenvalue weighted by molar-refractivity contribution is 0.179. The maximum atomic E-state index is 10.2. The third-order valence-corrected chi connectivity index (χ3v) is 4.62. The minimum Gasteiger partial charge on any atom is -0.388 e. The summed E-state index contributed by atoms with van der Waals surface area (Å²) in [5, 5.41) is 10.2. The highest BCUT2D eigenvalue weighted by Gasteiger charge is 2.10. The van der Waals surface area contributed by atoms with Crippen molar-refractivity contribution in [2.75, 3.05) is 0 Å². The van der Waals surface area contributed by atoms with E-state index >= 15 is 0 Å². The second kappa shape index (κ2) is 5.98. The molecule has 0 aliphatic carbocycles. The zero-order valence-corrected chi connectivity index (χ0v) is 12.7. The lowest BCUT2D eigenvalue weighted by Gasteiger charge is -2.09. The molecule has 2 aromatic rings. The molecule has 1 atom stereocenters. The molecule has 3 heteroatoms. The highest BCUT2D eigenvalue weighted by molar-refractivity contribution is 14.1. The van der Waals surface area contributed by atoms with Gasteiger partial charge >= 0.3 is 0 Å². The Balaban J connectivity index is 2.08. The first kappa shape index (κ1) is 13.1. The molecule has 1 aromatic carbocycles. The first-order valence-corrected chi connectivity index (χ1v) is 7.59. The molecule has 0 radical (unpaired) electrons. The first-order chi connectivity index (χ1) is 8.19. The highest BCUT2D eigenvalue weighted by Crippen LogP contribution is 2.24. The van der Waals surface area contributed by atoms with Gasteiger partial charge in [0.2, 0.25) is 0 Å². The SMILES string of the molecule is CCc1ccc(CC(O)c2cccc(I)c2)s1. The van der Waals surface area contributed by atoms with E-state index in [0.29, 0.717) is 6.42 Å². The fraction of sp³-hybridized carbons (Fsp3) is 0.286. The molecule has 17 heavy (non-hydrogen) atoms. The van der Waals surface area contributed by atoms with Gasteiger partial charge in [0.05, 0.1) is 6.10 Å². The van der Waals surface area contributed by atoms with Crippen molar-refractivity contribution in [3.05, 3.63) is 55.3 Å². The number of aliphatic hydroxyl groups is 1. The van der Waals surface area contributed by atoms with Crippen LogP contribution in [-0.2, 0) is 12.8 Å². The van der Waals surface area contributed by atoms with Crippen LogP contribution in [0.5, 0.6) is 0 Å². The van der Waals surface area contributed by atoms with Gasteiger partial charge in [0, 0.05) is 19.7 Å². The summed E-state index contributed by atoms with van der Waals surface area (Å²) in [6, 6.07) is 12.3. The monoisotopic (exact) mass is 358 g/mol. The molecule has 0 spiro atoms. The predicted octanol–water partition coefficient (Wildman–Crippen LogP) is 4.19. The average Bonchev–Trinajstić information content (AvgIpc) is 2.77. The molecule has 1 N–H and O–H groups in total. The summed E-state index contributed by atoms with van der Waals surface area (Å²) in [5.74, 6) is 0. The molecule has 1 nitrogen and oxygen atoms in total. The van der Waals surface area contributed by atoms with Crippen molar-refractivity contribution in [1.29, 1.82) is 0 Å². The molecule has 0 aliphatic rings. The van der Waals surface area contributed by atoms with Gasteiger partial charge in [-0.3, -0.25) is 0 Å². The molecule has 0 saturated carbocycles. The number of benzene rings is 1. The summed E-state index contributed by atoms with van der Waals surface area (Å²) in [7, 11) is 0. The molecular formula is C14H15IOS. The van der Waals surface area contributed by atoms with E-state index in [9.17, 15) is 5.11 Å². The van der Waals surface area contributed by atoms with E-state index in [0.717, 1.165) is 12.0 Å². The van der Waals surface area contributed by atoms with Crippen molar-refractivity contribution in [1.82, 2.24) is 0 Å². The fourth-order valence-electron chi connectivity index (χ4n) is 1.74.